The van der Waals surface area contributed by atoms with Crippen LogP contribution in [-0.2, 0) is 4.79 Å². The predicted octanol–water partition coefficient (Wildman–Crippen LogP) is 3.17. The predicted molar refractivity (Wildman–Crippen MR) is 83.7 cm³/mol. The monoisotopic (exact) mass is 357 g/mol. The van der Waals surface area contributed by atoms with E-state index < -0.39 is 11.5 Å². The molecule has 1 amide bonds. The molecule has 0 fully saturated rings. The van der Waals surface area contributed by atoms with Crippen LogP contribution in [0, 0.1) is 0 Å². The average molecular weight is 358 g/mol. The van der Waals surface area contributed by atoms with Gasteiger partial charge in [-0.25, -0.2) is 0 Å². The number of halogens is 1. The highest BCUT2D eigenvalue weighted by Gasteiger charge is 2.29. The van der Waals surface area contributed by atoms with Crippen molar-refractivity contribution in [2.24, 2.45) is 0 Å². The van der Waals surface area contributed by atoms with Gasteiger partial charge in [0.2, 0.25) is 0 Å². The molecule has 0 aromatic heterocycles. The minimum atomic E-state index is -0.929. The Morgan fingerprint density at radius 1 is 1.33 bits per heavy atom. The topological polar surface area (TPSA) is 66.8 Å². The van der Waals surface area contributed by atoms with Gasteiger partial charge in [-0.1, -0.05) is 0 Å². The molecular weight excluding hydrogens is 338 g/mol. The summed E-state index contributed by atoms with van der Waals surface area (Å²) < 4.78 is 5.79. The smallest absolute Gasteiger partial charge is 0.305 e. The molecule has 21 heavy (non-hydrogen) atoms. The number of aliphatic carboxylic acids is 1. The van der Waals surface area contributed by atoms with Gasteiger partial charge >= 0.3 is 5.97 Å². The third-order valence-electron chi connectivity index (χ3n) is 3.01. The quantitative estimate of drug-likeness (QED) is 0.878. The maximum Gasteiger partial charge on any atom is 0.305 e. The molecule has 1 aromatic rings. The molecule has 0 aliphatic carbocycles. The highest BCUT2D eigenvalue weighted by molar-refractivity contribution is 9.10. The van der Waals surface area contributed by atoms with Gasteiger partial charge < -0.3 is 14.7 Å². The Hall–Kier alpha value is -1.56. The molecule has 0 saturated carbocycles. The summed E-state index contributed by atoms with van der Waals surface area (Å²) in [6.07, 6.45) is -0.0927. The summed E-state index contributed by atoms with van der Waals surface area (Å²) in [5.41, 5.74) is -0.0237. The Labute approximate surface area is 133 Å². The number of amides is 1. The van der Waals surface area contributed by atoms with Crippen molar-refractivity contribution < 1.29 is 19.4 Å². The van der Waals surface area contributed by atoms with Gasteiger partial charge in [-0.3, -0.25) is 9.59 Å². The van der Waals surface area contributed by atoms with Crippen molar-refractivity contribution in [3.63, 3.8) is 0 Å². The van der Waals surface area contributed by atoms with E-state index in [0.29, 0.717) is 15.8 Å². The number of carboxylic acid groups (broad SMARTS) is 1. The Kier molecular flexibility index (Phi) is 5.78. The van der Waals surface area contributed by atoms with Gasteiger partial charge in [0.1, 0.15) is 5.75 Å². The zero-order valence-electron chi connectivity index (χ0n) is 12.6. The van der Waals surface area contributed by atoms with Crippen LogP contribution >= 0.6 is 15.9 Å². The van der Waals surface area contributed by atoms with Gasteiger partial charge in [-0.15, -0.1) is 0 Å². The lowest BCUT2D eigenvalue weighted by Crippen LogP contribution is -2.46. The maximum absolute atomic E-state index is 12.7. The van der Waals surface area contributed by atoms with Crippen molar-refractivity contribution in [3.8, 4) is 5.75 Å². The molecule has 0 heterocycles. The van der Waals surface area contributed by atoms with Crippen molar-refractivity contribution in [1.82, 2.24) is 4.90 Å². The Balaban J connectivity index is 3.13. The summed E-state index contributed by atoms with van der Waals surface area (Å²) >= 11 is 3.36. The molecule has 1 aromatic carbocycles. The molecule has 0 radical (unpaired) electrons. The van der Waals surface area contributed by atoms with E-state index in [1.807, 2.05) is 20.8 Å². The third-order valence-corrected chi connectivity index (χ3v) is 3.70. The van der Waals surface area contributed by atoms with Crippen molar-refractivity contribution >= 4 is 27.8 Å². The molecule has 5 nitrogen and oxygen atoms in total. The van der Waals surface area contributed by atoms with Crippen LogP contribution in [0.5, 0.6) is 5.75 Å². The second kappa shape index (κ2) is 6.93. The zero-order valence-corrected chi connectivity index (χ0v) is 14.2. The number of hydrogen-bond acceptors (Lipinski definition) is 3. The third kappa shape index (κ3) is 4.74. The second-order valence-corrected chi connectivity index (χ2v) is 6.47. The summed E-state index contributed by atoms with van der Waals surface area (Å²) in [4.78, 5) is 25.1. The van der Waals surface area contributed by atoms with Gasteiger partial charge in [-0.2, -0.15) is 0 Å². The molecular formula is C15H20BrNO4. The average Bonchev–Trinajstić information content (AvgIpc) is 2.37. The van der Waals surface area contributed by atoms with Crippen LogP contribution in [0.25, 0.3) is 0 Å². The first-order chi connectivity index (χ1) is 9.66. The van der Waals surface area contributed by atoms with E-state index in [1.165, 1.54) is 7.11 Å². The Morgan fingerprint density at radius 3 is 2.43 bits per heavy atom. The fourth-order valence-corrected chi connectivity index (χ4v) is 2.31. The number of ether oxygens (including phenoxy) is 1. The minimum Gasteiger partial charge on any atom is -0.497 e. The van der Waals surface area contributed by atoms with Crippen molar-refractivity contribution in [1.29, 1.82) is 0 Å². The van der Waals surface area contributed by atoms with Crippen molar-refractivity contribution in [3.05, 3.63) is 28.2 Å². The molecule has 0 aliphatic heterocycles. The van der Waals surface area contributed by atoms with Crippen LogP contribution < -0.4 is 4.74 Å². The fourth-order valence-electron chi connectivity index (χ4n) is 1.89. The summed E-state index contributed by atoms with van der Waals surface area (Å²) in [7, 11) is 1.53. The lowest BCUT2D eigenvalue weighted by molar-refractivity contribution is -0.137. The lowest BCUT2D eigenvalue weighted by atomic mass is 10.0. The van der Waals surface area contributed by atoms with E-state index in [9.17, 15) is 9.59 Å². The Morgan fingerprint density at radius 2 is 1.95 bits per heavy atom. The van der Waals surface area contributed by atoms with Crippen LogP contribution in [0.4, 0.5) is 0 Å². The molecule has 116 valence electrons. The molecule has 0 atom stereocenters. The molecule has 0 unspecified atom stereocenters. The number of carbonyl (C=O) groups excluding carboxylic acids is 1. The van der Waals surface area contributed by atoms with Gasteiger partial charge in [0.25, 0.3) is 5.91 Å². The first-order valence-corrected chi connectivity index (χ1v) is 7.33. The van der Waals surface area contributed by atoms with Crippen LogP contribution in [0.15, 0.2) is 22.7 Å². The van der Waals surface area contributed by atoms with E-state index in [-0.39, 0.29) is 18.9 Å². The largest absolute Gasteiger partial charge is 0.497 e. The molecule has 1 N–H and O–H groups in total. The molecule has 0 saturated heterocycles. The van der Waals surface area contributed by atoms with Crippen LogP contribution in [0.1, 0.15) is 37.6 Å². The van der Waals surface area contributed by atoms with E-state index >= 15 is 0 Å². The number of methoxy groups -OCH3 is 1. The highest BCUT2D eigenvalue weighted by atomic mass is 79.9. The summed E-state index contributed by atoms with van der Waals surface area (Å²) in [5.74, 6) is -0.579. The van der Waals surface area contributed by atoms with Crippen LogP contribution in [0.2, 0.25) is 0 Å². The van der Waals surface area contributed by atoms with E-state index in [4.69, 9.17) is 9.84 Å². The molecule has 0 spiro atoms. The number of carboxylic acids is 1. The van der Waals surface area contributed by atoms with Gasteiger partial charge in [0.15, 0.2) is 0 Å². The van der Waals surface area contributed by atoms with Gasteiger partial charge in [0, 0.05) is 16.6 Å². The van der Waals surface area contributed by atoms with E-state index in [2.05, 4.69) is 15.9 Å². The van der Waals surface area contributed by atoms with Crippen LogP contribution in [0.3, 0.4) is 0 Å². The Bertz CT molecular complexity index is 537. The number of hydrogen-bond donors (Lipinski definition) is 1. The van der Waals surface area contributed by atoms with Crippen molar-refractivity contribution in [2.45, 2.75) is 32.7 Å². The first-order valence-electron chi connectivity index (χ1n) is 6.54. The van der Waals surface area contributed by atoms with E-state index in [1.54, 1.807) is 23.1 Å². The highest BCUT2D eigenvalue weighted by Crippen LogP contribution is 2.26. The van der Waals surface area contributed by atoms with Crippen LogP contribution in [-0.4, -0.2) is 41.1 Å². The fraction of sp³-hybridized carbons (Fsp3) is 0.467. The SMILES string of the molecule is COc1ccc(Br)c(C(=O)N(CCC(=O)O)C(C)(C)C)c1. The standard InChI is InChI=1S/C15H20BrNO4/c1-15(2,3)17(8-7-13(18)19)14(20)11-9-10(21-4)5-6-12(11)16/h5-6,9H,7-8H2,1-4H3,(H,18,19). The number of carbonyl (C=O) groups is 2. The number of rotatable bonds is 5. The molecule has 0 aliphatic rings. The second-order valence-electron chi connectivity index (χ2n) is 5.62. The summed E-state index contributed by atoms with van der Waals surface area (Å²) in [6, 6.07) is 5.13. The normalized spacial score (nSPS) is 11.1. The summed E-state index contributed by atoms with van der Waals surface area (Å²) in [5, 5.41) is 8.85. The zero-order chi connectivity index (χ0) is 16.2. The molecule has 1 rings (SSSR count). The van der Waals surface area contributed by atoms with E-state index in [0.717, 1.165) is 0 Å². The molecule has 0 bridgehead atoms. The minimum absolute atomic E-state index is 0.0927. The summed E-state index contributed by atoms with van der Waals surface area (Å²) in [6.45, 7) is 5.78. The van der Waals surface area contributed by atoms with Gasteiger partial charge in [-0.05, 0) is 54.9 Å². The lowest BCUT2D eigenvalue weighted by Gasteiger charge is -2.35. The van der Waals surface area contributed by atoms with Crippen molar-refractivity contribution in [2.75, 3.05) is 13.7 Å². The number of benzene rings is 1. The van der Waals surface area contributed by atoms with Gasteiger partial charge in [0.05, 0.1) is 19.1 Å². The number of nitrogens with zero attached hydrogens (tertiary/aromatic N) is 1. The first kappa shape index (κ1) is 17.5. The maximum atomic E-state index is 12.7. The molecule has 6 heteroatoms.